The molecule has 0 bridgehead atoms. The van der Waals surface area contributed by atoms with Crippen LogP contribution in [0.25, 0.3) is 0 Å². The maximum Gasteiger partial charge on any atom is 0.262 e. The highest BCUT2D eigenvalue weighted by Gasteiger charge is 2.23. The van der Waals surface area contributed by atoms with Gasteiger partial charge >= 0.3 is 0 Å². The molecule has 0 spiro atoms. The van der Waals surface area contributed by atoms with Gasteiger partial charge in [-0.1, -0.05) is 23.8 Å². The van der Waals surface area contributed by atoms with Crippen LogP contribution in [0.2, 0.25) is 0 Å². The Balaban J connectivity index is 1.61. The van der Waals surface area contributed by atoms with E-state index in [2.05, 4.69) is 5.32 Å². The smallest absolute Gasteiger partial charge is 0.262 e. The van der Waals surface area contributed by atoms with Crippen molar-refractivity contribution in [1.82, 2.24) is 4.31 Å². The van der Waals surface area contributed by atoms with Gasteiger partial charge in [-0.05, 0) is 48.7 Å². The molecule has 0 atom stereocenters. The third kappa shape index (κ3) is 4.62. The number of aryl methyl sites for hydroxylation is 1. The molecule has 2 aromatic carbocycles. The number of nitrogens with zero attached hydrogens (tertiary/aromatic N) is 1. The fourth-order valence-electron chi connectivity index (χ4n) is 2.87. The van der Waals surface area contributed by atoms with Crippen molar-refractivity contribution in [2.24, 2.45) is 0 Å². The Bertz CT molecular complexity index is 908. The maximum absolute atomic E-state index is 12.1. The summed E-state index contributed by atoms with van der Waals surface area (Å²) >= 11 is 0. The zero-order valence-electron chi connectivity index (χ0n) is 14.9. The summed E-state index contributed by atoms with van der Waals surface area (Å²) in [6.07, 6.45) is 1.89. The molecule has 0 aliphatic carbocycles. The first-order chi connectivity index (χ1) is 12.3. The van der Waals surface area contributed by atoms with E-state index < -0.39 is 10.0 Å². The van der Waals surface area contributed by atoms with Gasteiger partial charge in [-0.3, -0.25) is 4.79 Å². The number of carbonyl (C=O) groups is 1. The Kier molecular flexibility index (Phi) is 5.29. The predicted octanol–water partition coefficient (Wildman–Crippen LogP) is 2.33. The van der Waals surface area contributed by atoms with E-state index >= 15 is 0 Å². The fourth-order valence-corrected chi connectivity index (χ4v) is 3.67. The van der Waals surface area contributed by atoms with Gasteiger partial charge < -0.3 is 10.1 Å². The van der Waals surface area contributed by atoms with Crippen LogP contribution in [0.5, 0.6) is 5.75 Å². The van der Waals surface area contributed by atoms with Gasteiger partial charge in [-0.2, -0.15) is 4.31 Å². The molecule has 2 aromatic rings. The summed E-state index contributed by atoms with van der Waals surface area (Å²) in [7, 11) is -3.22. The van der Waals surface area contributed by atoms with Gasteiger partial charge in [0.05, 0.1) is 6.26 Å². The number of rotatable bonds is 5. The van der Waals surface area contributed by atoms with E-state index in [0.717, 1.165) is 16.7 Å². The molecule has 26 heavy (non-hydrogen) atoms. The minimum absolute atomic E-state index is 0.0877. The van der Waals surface area contributed by atoms with E-state index in [0.29, 0.717) is 30.9 Å². The molecule has 0 unspecified atom stereocenters. The lowest BCUT2D eigenvalue weighted by Crippen LogP contribution is -2.35. The van der Waals surface area contributed by atoms with Crippen molar-refractivity contribution in [2.45, 2.75) is 19.9 Å². The summed E-state index contributed by atoms with van der Waals surface area (Å²) in [6, 6.07) is 13.1. The van der Waals surface area contributed by atoms with Crippen molar-refractivity contribution in [3.8, 4) is 5.75 Å². The molecule has 6 nitrogen and oxygen atoms in total. The SMILES string of the molecule is Cc1ccc(OCC(=O)Nc2ccc3c(c2)CN(S(C)(=O)=O)CC3)cc1. The fraction of sp³-hybridized carbons (Fsp3) is 0.316. The Labute approximate surface area is 153 Å². The number of hydrogen-bond acceptors (Lipinski definition) is 4. The summed E-state index contributed by atoms with van der Waals surface area (Å²) in [5, 5.41) is 2.80. The Morgan fingerprint density at radius 1 is 1.15 bits per heavy atom. The minimum Gasteiger partial charge on any atom is -0.484 e. The molecule has 138 valence electrons. The highest BCUT2D eigenvalue weighted by atomic mass is 32.2. The van der Waals surface area contributed by atoms with Crippen LogP contribution < -0.4 is 10.1 Å². The van der Waals surface area contributed by atoms with Crippen LogP contribution in [0.1, 0.15) is 16.7 Å². The van der Waals surface area contributed by atoms with Gasteiger partial charge in [0.15, 0.2) is 6.61 Å². The number of benzene rings is 2. The molecule has 3 rings (SSSR count). The zero-order chi connectivity index (χ0) is 18.7. The molecule has 7 heteroatoms. The first-order valence-corrected chi connectivity index (χ1v) is 10.2. The summed E-state index contributed by atoms with van der Waals surface area (Å²) in [4.78, 5) is 12.1. The Morgan fingerprint density at radius 3 is 2.58 bits per heavy atom. The second kappa shape index (κ2) is 7.47. The summed E-state index contributed by atoms with van der Waals surface area (Å²) in [5.74, 6) is 0.376. The van der Waals surface area contributed by atoms with Crippen molar-refractivity contribution < 1.29 is 17.9 Å². The van der Waals surface area contributed by atoms with Crippen LogP contribution in [-0.4, -0.2) is 38.0 Å². The lowest BCUT2D eigenvalue weighted by atomic mass is 10.0. The lowest BCUT2D eigenvalue weighted by molar-refractivity contribution is -0.118. The van der Waals surface area contributed by atoms with Crippen LogP contribution >= 0.6 is 0 Å². The molecular weight excluding hydrogens is 352 g/mol. The van der Waals surface area contributed by atoms with Gasteiger partial charge in [0, 0.05) is 18.8 Å². The van der Waals surface area contributed by atoms with Gasteiger partial charge in [0.25, 0.3) is 5.91 Å². The molecule has 1 aliphatic rings. The molecule has 1 aliphatic heterocycles. The quantitative estimate of drug-likeness (QED) is 0.872. The molecular formula is C19H22N2O4S. The van der Waals surface area contributed by atoms with E-state index in [9.17, 15) is 13.2 Å². The lowest BCUT2D eigenvalue weighted by Gasteiger charge is -2.27. The third-order valence-corrected chi connectivity index (χ3v) is 5.58. The largest absolute Gasteiger partial charge is 0.484 e. The second-order valence-electron chi connectivity index (χ2n) is 6.48. The molecule has 1 amide bonds. The van der Waals surface area contributed by atoms with Crippen molar-refractivity contribution in [3.05, 3.63) is 59.2 Å². The zero-order valence-corrected chi connectivity index (χ0v) is 15.7. The van der Waals surface area contributed by atoms with Gasteiger partial charge in [-0.15, -0.1) is 0 Å². The molecule has 0 saturated carbocycles. The Morgan fingerprint density at radius 2 is 1.88 bits per heavy atom. The van der Waals surface area contributed by atoms with Crippen LogP contribution in [-0.2, 0) is 27.8 Å². The maximum atomic E-state index is 12.1. The van der Waals surface area contributed by atoms with Gasteiger partial charge in [-0.25, -0.2) is 8.42 Å². The van der Waals surface area contributed by atoms with Crippen LogP contribution in [0, 0.1) is 6.92 Å². The number of nitrogens with one attached hydrogen (secondary N) is 1. The number of fused-ring (bicyclic) bond motifs is 1. The van der Waals surface area contributed by atoms with Gasteiger partial charge in [0.1, 0.15) is 5.75 Å². The van der Waals surface area contributed by atoms with E-state index in [1.54, 1.807) is 0 Å². The summed E-state index contributed by atoms with van der Waals surface area (Å²) in [6.45, 7) is 2.72. The first-order valence-electron chi connectivity index (χ1n) is 8.37. The topological polar surface area (TPSA) is 75.7 Å². The standard InChI is InChI=1S/C19H22N2O4S/c1-14-3-7-18(8-4-14)25-13-19(22)20-17-6-5-15-9-10-21(26(2,23)24)12-16(15)11-17/h3-8,11H,9-10,12-13H2,1-2H3,(H,20,22). The average Bonchev–Trinajstić information content (AvgIpc) is 2.60. The molecule has 0 fully saturated rings. The van der Waals surface area contributed by atoms with Crippen molar-refractivity contribution in [1.29, 1.82) is 0 Å². The predicted molar refractivity (Wildman–Crippen MR) is 101 cm³/mol. The molecule has 1 heterocycles. The number of amides is 1. The monoisotopic (exact) mass is 374 g/mol. The number of ether oxygens (including phenoxy) is 1. The number of carbonyl (C=O) groups excluding carboxylic acids is 1. The van der Waals surface area contributed by atoms with Crippen LogP contribution in [0.3, 0.4) is 0 Å². The minimum atomic E-state index is -3.22. The van der Waals surface area contributed by atoms with Crippen LogP contribution in [0.15, 0.2) is 42.5 Å². The van der Waals surface area contributed by atoms with Crippen molar-refractivity contribution in [2.75, 3.05) is 24.7 Å². The molecule has 0 saturated heterocycles. The van der Waals surface area contributed by atoms with E-state index in [-0.39, 0.29) is 12.5 Å². The second-order valence-corrected chi connectivity index (χ2v) is 8.46. The summed E-state index contributed by atoms with van der Waals surface area (Å²) < 4.78 is 30.4. The van der Waals surface area contributed by atoms with Crippen molar-refractivity contribution in [3.63, 3.8) is 0 Å². The van der Waals surface area contributed by atoms with E-state index in [4.69, 9.17) is 4.74 Å². The number of sulfonamides is 1. The van der Waals surface area contributed by atoms with E-state index in [1.165, 1.54) is 10.6 Å². The van der Waals surface area contributed by atoms with E-state index in [1.807, 2.05) is 49.4 Å². The third-order valence-electron chi connectivity index (χ3n) is 4.33. The number of hydrogen-bond donors (Lipinski definition) is 1. The normalized spacial score (nSPS) is 14.5. The highest BCUT2D eigenvalue weighted by molar-refractivity contribution is 7.88. The molecule has 1 N–H and O–H groups in total. The molecule has 0 aromatic heterocycles. The molecule has 0 radical (unpaired) electrons. The Hall–Kier alpha value is -2.38. The average molecular weight is 374 g/mol. The summed E-state index contributed by atoms with van der Waals surface area (Å²) in [5.41, 5.74) is 3.79. The van der Waals surface area contributed by atoms with Crippen LogP contribution in [0.4, 0.5) is 5.69 Å². The number of anilines is 1. The van der Waals surface area contributed by atoms with Gasteiger partial charge in [0.2, 0.25) is 10.0 Å². The van der Waals surface area contributed by atoms with Crippen molar-refractivity contribution >= 4 is 21.6 Å². The first kappa shape index (κ1) is 18.4. The highest BCUT2D eigenvalue weighted by Crippen LogP contribution is 2.24.